The summed E-state index contributed by atoms with van der Waals surface area (Å²) >= 11 is 0. The number of nitrogens with zero attached hydrogens (tertiary/aromatic N) is 1. The topological polar surface area (TPSA) is 45.0 Å². The third-order valence-corrected chi connectivity index (χ3v) is 3.14. The average molecular weight is 288 g/mol. The SMILES string of the molecule is COc1ccc(CNc2c(F)ccc(C)c2F)cc1C#N. The Kier molecular flexibility index (Phi) is 4.39. The maximum Gasteiger partial charge on any atom is 0.152 e. The van der Waals surface area contributed by atoms with Crippen molar-refractivity contribution in [3.63, 3.8) is 0 Å². The molecule has 0 radical (unpaired) electrons. The van der Waals surface area contributed by atoms with Crippen molar-refractivity contribution in [1.82, 2.24) is 0 Å². The Morgan fingerprint density at radius 1 is 1.24 bits per heavy atom. The van der Waals surface area contributed by atoms with Gasteiger partial charge in [-0.15, -0.1) is 0 Å². The summed E-state index contributed by atoms with van der Waals surface area (Å²) in [5, 5.41) is 11.7. The standard InChI is InChI=1S/C16H14F2N2O/c1-10-3-5-13(17)16(15(10)18)20-9-11-4-6-14(21-2)12(7-11)8-19/h3-7,20H,9H2,1-2H3. The Balaban J connectivity index is 2.21. The molecule has 0 saturated heterocycles. The third kappa shape index (κ3) is 3.11. The van der Waals surface area contributed by atoms with Gasteiger partial charge in [-0.2, -0.15) is 5.26 Å². The molecule has 1 N–H and O–H groups in total. The van der Waals surface area contributed by atoms with Crippen molar-refractivity contribution in [2.24, 2.45) is 0 Å². The minimum Gasteiger partial charge on any atom is -0.495 e. The van der Waals surface area contributed by atoms with Crippen LogP contribution in [0.25, 0.3) is 0 Å². The van der Waals surface area contributed by atoms with E-state index in [1.807, 2.05) is 6.07 Å². The van der Waals surface area contributed by atoms with Crippen molar-refractivity contribution < 1.29 is 13.5 Å². The molecule has 0 bridgehead atoms. The minimum atomic E-state index is -0.646. The number of anilines is 1. The van der Waals surface area contributed by atoms with E-state index in [2.05, 4.69) is 5.32 Å². The lowest BCUT2D eigenvalue weighted by Gasteiger charge is -2.11. The van der Waals surface area contributed by atoms with E-state index in [0.717, 1.165) is 5.56 Å². The number of aryl methyl sites for hydroxylation is 1. The summed E-state index contributed by atoms with van der Waals surface area (Å²) in [6, 6.07) is 9.63. The van der Waals surface area contributed by atoms with Gasteiger partial charge < -0.3 is 10.1 Å². The fraction of sp³-hybridized carbons (Fsp3) is 0.188. The summed E-state index contributed by atoms with van der Waals surface area (Å²) in [6.45, 7) is 1.77. The summed E-state index contributed by atoms with van der Waals surface area (Å²) in [5.41, 5.74) is 1.31. The third-order valence-electron chi connectivity index (χ3n) is 3.14. The Morgan fingerprint density at radius 3 is 2.67 bits per heavy atom. The Morgan fingerprint density at radius 2 is 2.00 bits per heavy atom. The number of nitrogens with one attached hydrogen (secondary N) is 1. The molecule has 0 amide bonds. The van der Waals surface area contributed by atoms with Gasteiger partial charge in [-0.1, -0.05) is 12.1 Å². The Labute approximate surface area is 121 Å². The molecule has 21 heavy (non-hydrogen) atoms. The van der Waals surface area contributed by atoms with Gasteiger partial charge in [-0.05, 0) is 36.2 Å². The van der Waals surface area contributed by atoms with E-state index in [9.17, 15) is 8.78 Å². The molecule has 0 unspecified atom stereocenters. The van der Waals surface area contributed by atoms with Gasteiger partial charge in [0.1, 0.15) is 23.3 Å². The molecule has 2 rings (SSSR count). The number of benzene rings is 2. The van der Waals surface area contributed by atoms with Crippen LogP contribution in [0, 0.1) is 29.9 Å². The Bertz CT molecular complexity index is 708. The molecule has 5 heteroatoms. The lowest BCUT2D eigenvalue weighted by molar-refractivity contribution is 0.413. The van der Waals surface area contributed by atoms with Gasteiger partial charge in [0, 0.05) is 6.54 Å². The molecule has 0 fully saturated rings. The maximum atomic E-state index is 13.9. The smallest absolute Gasteiger partial charge is 0.152 e. The number of nitriles is 1. The maximum absolute atomic E-state index is 13.9. The lowest BCUT2D eigenvalue weighted by Crippen LogP contribution is -2.05. The molecule has 2 aromatic rings. The second-order valence-electron chi connectivity index (χ2n) is 4.55. The van der Waals surface area contributed by atoms with E-state index in [-0.39, 0.29) is 12.2 Å². The van der Waals surface area contributed by atoms with E-state index < -0.39 is 11.6 Å². The normalized spacial score (nSPS) is 10.0. The molecule has 0 aliphatic carbocycles. The number of halogens is 2. The monoisotopic (exact) mass is 288 g/mol. The van der Waals surface area contributed by atoms with E-state index in [1.165, 1.54) is 19.2 Å². The summed E-state index contributed by atoms with van der Waals surface area (Å²) < 4.78 is 32.5. The zero-order chi connectivity index (χ0) is 15.4. The molecule has 3 nitrogen and oxygen atoms in total. The van der Waals surface area contributed by atoms with Crippen LogP contribution in [-0.2, 0) is 6.54 Å². The molecule has 0 atom stereocenters. The first-order chi connectivity index (χ1) is 10.1. The molecule has 0 aromatic heterocycles. The van der Waals surface area contributed by atoms with Gasteiger partial charge in [0.05, 0.1) is 12.7 Å². The highest BCUT2D eigenvalue weighted by Gasteiger charge is 2.11. The number of rotatable bonds is 4. The van der Waals surface area contributed by atoms with Crippen molar-refractivity contribution in [3.8, 4) is 11.8 Å². The van der Waals surface area contributed by atoms with Crippen molar-refractivity contribution in [2.45, 2.75) is 13.5 Å². The first kappa shape index (κ1) is 14.8. The van der Waals surface area contributed by atoms with Gasteiger partial charge in [0.15, 0.2) is 5.82 Å². The first-order valence-electron chi connectivity index (χ1n) is 6.32. The van der Waals surface area contributed by atoms with E-state index in [0.29, 0.717) is 16.9 Å². The first-order valence-corrected chi connectivity index (χ1v) is 6.32. The van der Waals surface area contributed by atoms with Gasteiger partial charge in [0.2, 0.25) is 0 Å². The van der Waals surface area contributed by atoms with Crippen molar-refractivity contribution >= 4 is 5.69 Å². The number of ether oxygens (including phenoxy) is 1. The number of methoxy groups -OCH3 is 1. The molecular weight excluding hydrogens is 274 g/mol. The fourth-order valence-corrected chi connectivity index (χ4v) is 1.96. The summed E-state index contributed by atoms with van der Waals surface area (Å²) in [7, 11) is 1.48. The molecular formula is C16H14F2N2O. The van der Waals surface area contributed by atoms with Crippen LogP contribution in [0.5, 0.6) is 5.75 Å². The second-order valence-corrected chi connectivity index (χ2v) is 4.55. The van der Waals surface area contributed by atoms with Crippen LogP contribution in [0.4, 0.5) is 14.5 Å². The van der Waals surface area contributed by atoms with Crippen LogP contribution in [0.3, 0.4) is 0 Å². The largest absolute Gasteiger partial charge is 0.495 e. The molecule has 0 aliphatic heterocycles. The van der Waals surface area contributed by atoms with Gasteiger partial charge in [-0.3, -0.25) is 0 Å². The van der Waals surface area contributed by atoms with Crippen LogP contribution < -0.4 is 10.1 Å². The van der Waals surface area contributed by atoms with E-state index in [1.54, 1.807) is 25.1 Å². The van der Waals surface area contributed by atoms with E-state index >= 15 is 0 Å². The molecule has 108 valence electrons. The highest BCUT2D eigenvalue weighted by atomic mass is 19.1. The minimum absolute atomic E-state index is 0.163. The zero-order valence-corrected chi connectivity index (χ0v) is 11.7. The van der Waals surface area contributed by atoms with Crippen LogP contribution in [0.2, 0.25) is 0 Å². The van der Waals surface area contributed by atoms with Crippen LogP contribution in [-0.4, -0.2) is 7.11 Å². The quantitative estimate of drug-likeness (QED) is 0.931. The highest BCUT2D eigenvalue weighted by molar-refractivity contribution is 5.50. The second kappa shape index (κ2) is 6.23. The Hall–Kier alpha value is -2.61. The van der Waals surface area contributed by atoms with Crippen molar-refractivity contribution in [1.29, 1.82) is 5.26 Å². The molecule has 0 spiro atoms. The molecule has 0 aliphatic rings. The van der Waals surface area contributed by atoms with Gasteiger partial charge in [0.25, 0.3) is 0 Å². The van der Waals surface area contributed by atoms with Crippen LogP contribution in [0.1, 0.15) is 16.7 Å². The summed E-state index contributed by atoms with van der Waals surface area (Å²) in [4.78, 5) is 0. The van der Waals surface area contributed by atoms with Crippen molar-refractivity contribution in [2.75, 3.05) is 12.4 Å². The predicted molar refractivity (Wildman–Crippen MR) is 76.1 cm³/mol. The lowest BCUT2D eigenvalue weighted by atomic mass is 10.1. The van der Waals surface area contributed by atoms with Crippen molar-refractivity contribution in [3.05, 3.63) is 58.7 Å². The molecule has 2 aromatic carbocycles. The summed E-state index contributed by atoms with van der Waals surface area (Å²) in [5.74, 6) is -0.787. The molecule has 0 heterocycles. The van der Waals surface area contributed by atoms with Gasteiger partial charge >= 0.3 is 0 Å². The van der Waals surface area contributed by atoms with Crippen LogP contribution in [0.15, 0.2) is 30.3 Å². The summed E-state index contributed by atoms with van der Waals surface area (Å²) in [6.07, 6.45) is 0. The molecule has 0 saturated carbocycles. The average Bonchev–Trinajstić information content (AvgIpc) is 2.50. The predicted octanol–water partition coefficient (Wildman–Crippen LogP) is 3.77. The van der Waals surface area contributed by atoms with Gasteiger partial charge in [-0.25, -0.2) is 8.78 Å². The number of hydrogen-bond acceptors (Lipinski definition) is 3. The number of hydrogen-bond donors (Lipinski definition) is 1. The highest BCUT2D eigenvalue weighted by Crippen LogP contribution is 2.23. The van der Waals surface area contributed by atoms with E-state index in [4.69, 9.17) is 10.00 Å². The van der Waals surface area contributed by atoms with Crippen LogP contribution >= 0.6 is 0 Å². The zero-order valence-electron chi connectivity index (χ0n) is 11.7. The fourth-order valence-electron chi connectivity index (χ4n) is 1.96.